The fourth-order valence-corrected chi connectivity index (χ4v) is 1.62. The van der Waals surface area contributed by atoms with Crippen molar-refractivity contribution in [1.82, 2.24) is 9.78 Å². The fourth-order valence-electron chi connectivity index (χ4n) is 1.62. The van der Waals surface area contributed by atoms with Gasteiger partial charge in [-0.1, -0.05) is 6.92 Å². The number of hydrogen-bond acceptors (Lipinski definition) is 2. The van der Waals surface area contributed by atoms with Gasteiger partial charge in [-0.05, 0) is 27.2 Å². The third-order valence-electron chi connectivity index (χ3n) is 2.42. The number of H-pyrrole nitrogens is 1. The lowest BCUT2D eigenvalue weighted by Crippen LogP contribution is -2.33. The molecule has 0 fully saturated rings. The first-order chi connectivity index (χ1) is 7.27. The highest BCUT2D eigenvalue weighted by atomic mass is 16.4. The molecule has 0 saturated heterocycles. The maximum absolute atomic E-state index is 12.0. The van der Waals surface area contributed by atoms with Crippen LogP contribution in [0.1, 0.15) is 39.0 Å². The van der Waals surface area contributed by atoms with Crippen LogP contribution >= 0.6 is 0 Å². The third kappa shape index (κ3) is 2.35. The molecule has 0 aromatic carbocycles. The van der Waals surface area contributed by atoms with Crippen molar-refractivity contribution < 1.29 is 9.90 Å². The lowest BCUT2D eigenvalue weighted by atomic mass is 10.1. The Morgan fingerprint density at radius 1 is 1.44 bits per heavy atom. The van der Waals surface area contributed by atoms with Crippen LogP contribution in [0.15, 0.2) is 4.79 Å². The molecule has 1 heterocycles. The van der Waals surface area contributed by atoms with Crippen molar-refractivity contribution in [1.29, 1.82) is 0 Å². The van der Waals surface area contributed by atoms with Gasteiger partial charge in [0.2, 0.25) is 0 Å². The summed E-state index contributed by atoms with van der Waals surface area (Å²) in [5, 5.41) is 11.7. The molecule has 0 atom stereocenters. The van der Waals surface area contributed by atoms with E-state index in [-0.39, 0.29) is 17.5 Å². The summed E-state index contributed by atoms with van der Waals surface area (Å²) in [6.45, 7) is 7.59. The number of carboxylic acids is 1. The van der Waals surface area contributed by atoms with Crippen LogP contribution in [-0.4, -0.2) is 20.9 Å². The van der Waals surface area contributed by atoms with Crippen LogP contribution in [0, 0.1) is 0 Å². The Morgan fingerprint density at radius 3 is 2.38 bits per heavy atom. The van der Waals surface area contributed by atoms with Gasteiger partial charge in [0, 0.05) is 5.69 Å². The second kappa shape index (κ2) is 4.15. The highest BCUT2D eigenvalue weighted by Crippen LogP contribution is 2.13. The highest BCUT2D eigenvalue weighted by molar-refractivity contribution is 5.70. The number of carbonyl (C=O) groups is 1. The first kappa shape index (κ1) is 12.5. The highest BCUT2D eigenvalue weighted by Gasteiger charge is 2.22. The van der Waals surface area contributed by atoms with E-state index < -0.39 is 5.97 Å². The molecular weight excluding hydrogens is 208 g/mol. The summed E-state index contributed by atoms with van der Waals surface area (Å²) in [6, 6.07) is 0. The number of aromatic amines is 1. The van der Waals surface area contributed by atoms with Crippen molar-refractivity contribution >= 4 is 5.97 Å². The van der Waals surface area contributed by atoms with Crippen molar-refractivity contribution in [2.45, 2.75) is 46.1 Å². The molecule has 0 spiro atoms. The van der Waals surface area contributed by atoms with E-state index in [4.69, 9.17) is 5.11 Å². The second-order valence-electron chi connectivity index (χ2n) is 4.80. The molecule has 5 nitrogen and oxygen atoms in total. The lowest BCUT2D eigenvalue weighted by molar-refractivity contribution is -0.136. The predicted octanol–water partition coefficient (Wildman–Crippen LogP) is 1.12. The van der Waals surface area contributed by atoms with E-state index in [1.165, 1.54) is 4.68 Å². The third-order valence-corrected chi connectivity index (χ3v) is 2.42. The second-order valence-corrected chi connectivity index (χ2v) is 4.80. The van der Waals surface area contributed by atoms with E-state index in [1.807, 2.05) is 27.7 Å². The van der Waals surface area contributed by atoms with Gasteiger partial charge < -0.3 is 5.11 Å². The van der Waals surface area contributed by atoms with Crippen molar-refractivity contribution in [3.63, 3.8) is 0 Å². The molecule has 5 heteroatoms. The topological polar surface area (TPSA) is 75.1 Å². The van der Waals surface area contributed by atoms with Gasteiger partial charge in [0.25, 0.3) is 5.56 Å². The summed E-state index contributed by atoms with van der Waals surface area (Å²) >= 11 is 0. The maximum Gasteiger partial charge on any atom is 0.308 e. The van der Waals surface area contributed by atoms with Gasteiger partial charge in [0.15, 0.2) is 0 Å². The van der Waals surface area contributed by atoms with Crippen LogP contribution in [0.2, 0.25) is 0 Å². The van der Waals surface area contributed by atoms with Crippen LogP contribution < -0.4 is 5.56 Å². The molecule has 0 unspecified atom stereocenters. The summed E-state index contributed by atoms with van der Waals surface area (Å²) in [5.41, 5.74) is 0.483. The average molecular weight is 226 g/mol. The molecule has 1 aromatic rings. The van der Waals surface area contributed by atoms with Gasteiger partial charge in [-0.25, -0.2) is 4.68 Å². The fraction of sp³-hybridized carbons (Fsp3) is 0.636. The number of rotatable bonds is 3. The molecule has 1 aromatic heterocycles. The molecular formula is C11H18N2O3. The zero-order chi connectivity index (χ0) is 12.5. The Morgan fingerprint density at radius 2 is 2.00 bits per heavy atom. The smallest absolute Gasteiger partial charge is 0.308 e. The van der Waals surface area contributed by atoms with E-state index in [0.29, 0.717) is 17.7 Å². The van der Waals surface area contributed by atoms with E-state index >= 15 is 0 Å². The molecule has 0 aliphatic heterocycles. The first-order valence-electron chi connectivity index (χ1n) is 5.32. The minimum absolute atomic E-state index is 0.221. The number of hydrogen-bond donors (Lipinski definition) is 2. The summed E-state index contributed by atoms with van der Waals surface area (Å²) < 4.78 is 1.49. The summed E-state index contributed by atoms with van der Waals surface area (Å²) in [4.78, 5) is 22.7. The van der Waals surface area contributed by atoms with Crippen molar-refractivity contribution in [3.05, 3.63) is 21.6 Å². The minimum atomic E-state index is -0.980. The van der Waals surface area contributed by atoms with Crippen LogP contribution in [0.25, 0.3) is 0 Å². The maximum atomic E-state index is 12.0. The number of aryl methyl sites for hydroxylation is 1. The normalized spacial score (nSPS) is 11.8. The molecule has 0 aliphatic rings. The molecule has 16 heavy (non-hydrogen) atoms. The zero-order valence-corrected chi connectivity index (χ0v) is 10.1. The molecule has 90 valence electrons. The summed E-state index contributed by atoms with van der Waals surface area (Å²) in [7, 11) is 0. The van der Waals surface area contributed by atoms with Gasteiger partial charge in [0.05, 0.1) is 17.5 Å². The molecule has 0 saturated carbocycles. The predicted molar refractivity (Wildman–Crippen MR) is 60.8 cm³/mol. The van der Waals surface area contributed by atoms with Gasteiger partial charge in [0.1, 0.15) is 0 Å². The number of nitrogens with one attached hydrogen (secondary N) is 1. The standard InChI is InChI=1S/C11H18N2O3/c1-5-8-7(6-9(14)15)10(16)13(12-8)11(2,3)4/h12H,5-6H2,1-4H3,(H,14,15). The SMILES string of the molecule is CCc1[nH]n(C(C)(C)C)c(=O)c1CC(=O)O. The van der Waals surface area contributed by atoms with Crippen molar-refractivity contribution in [2.75, 3.05) is 0 Å². The lowest BCUT2D eigenvalue weighted by Gasteiger charge is -2.19. The minimum Gasteiger partial charge on any atom is -0.481 e. The number of carboxylic acid groups (broad SMARTS) is 1. The summed E-state index contributed by atoms with van der Waals surface area (Å²) in [6.07, 6.45) is 0.405. The Bertz CT molecular complexity index is 449. The van der Waals surface area contributed by atoms with E-state index in [9.17, 15) is 9.59 Å². The molecule has 0 radical (unpaired) electrons. The van der Waals surface area contributed by atoms with E-state index in [0.717, 1.165) is 0 Å². The van der Waals surface area contributed by atoms with Gasteiger partial charge in [-0.3, -0.25) is 14.7 Å². The Hall–Kier alpha value is -1.52. The van der Waals surface area contributed by atoms with E-state index in [2.05, 4.69) is 5.10 Å². The molecule has 0 aliphatic carbocycles. The molecule has 1 rings (SSSR count). The van der Waals surface area contributed by atoms with Gasteiger partial charge in [-0.15, -0.1) is 0 Å². The number of nitrogens with zero attached hydrogens (tertiary/aromatic N) is 1. The van der Waals surface area contributed by atoms with Crippen LogP contribution in [0.4, 0.5) is 0 Å². The van der Waals surface area contributed by atoms with Crippen molar-refractivity contribution in [3.8, 4) is 0 Å². The first-order valence-corrected chi connectivity index (χ1v) is 5.32. The molecule has 2 N–H and O–H groups in total. The quantitative estimate of drug-likeness (QED) is 0.811. The average Bonchev–Trinajstić information content (AvgIpc) is 2.42. The Balaban J connectivity index is 3.33. The van der Waals surface area contributed by atoms with Crippen LogP contribution in [0.3, 0.4) is 0 Å². The molecule has 0 bridgehead atoms. The zero-order valence-electron chi connectivity index (χ0n) is 10.1. The number of aromatic nitrogens is 2. The van der Waals surface area contributed by atoms with Gasteiger partial charge in [-0.2, -0.15) is 0 Å². The van der Waals surface area contributed by atoms with Crippen LogP contribution in [-0.2, 0) is 23.2 Å². The Labute approximate surface area is 94.1 Å². The Kier molecular flexibility index (Phi) is 3.26. The monoisotopic (exact) mass is 226 g/mol. The van der Waals surface area contributed by atoms with Crippen LogP contribution in [0.5, 0.6) is 0 Å². The number of aliphatic carboxylic acids is 1. The largest absolute Gasteiger partial charge is 0.481 e. The van der Waals surface area contributed by atoms with Gasteiger partial charge >= 0.3 is 5.97 Å². The summed E-state index contributed by atoms with van der Waals surface area (Å²) in [5.74, 6) is -0.980. The van der Waals surface area contributed by atoms with E-state index in [1.54, 1.807) is 0 Å². The van der Waals surface area contributed by atoms with Crippen molar-refractivity contribution in [2.24, 2.45) is 0 Å². The molecule has 0 amide bonds.